The second kappa shape index (κ2) is 32.9. The van der Waals surface area contributed by atoms with E-state index in [2.05, 4.69) is 6.92 Å². The maximum Gasteiger partial charge on any atom is 2.00 e. The smallest absolute Gasteiger partial charge is 1.00 e. The van der Waals surface area contributed by atoms with Crippen LogP contribution in [0.15, 0.2) is 0 Å². The van der Waals surface area contributed by atoms with Gasteiger partial charge < -0.3 is 34.7 Å². The van der Waals surface area contributed by atoms with E-state index in [0.29, 0.717) is 0 Å². The first-order valence-electron chi connectivity index (χ1n) is 8.97. The number of hydrogen-bond acceptors (Lipinski definition) is 2. The number of carboxylic acids is 1. The van der Waals surface area contributed by atoms with E-state index in [4.69, 9.17) is 0 Å². The van der Waals surface area contributed by atoms with Crippen molar-refractivity contribution >= 4 is 43.7 Å². The summed E-state index contributed by atoms with van der Waals surface area (Å²) in [6.07, 6.45) is 19.9. The van der Waals surface area contributed by atoms with Crippen LogP contribution in [-0.2, 0) is 4.79 Å². The summed E-state index contributed by atoms with van der Waals surface area (Å²) >= 11 is 0. The summed E-state index contributed by atoms with van der Waals surface area (Å²) in [5.41, 5.74) is 0. The molecule has 0 radical (unpaired) electrons. The standard InChI is InChI=1S/C18H36O2.Ca.2ClH.Na/c1-2-3-4-5-6-7-8-9-10-11-12-13-14-15-16-17-18(19)20;;;;/h2-17H2,1H3,(H,19,20);;2*1H;/q;+2;;;+1/p-3. The Morgan fingerprint density at radius 3 is 1.12 bits per heavy atom. The zero-order chi connectivity index (χ0) is 14.9. The Kier molecular flexibility index (Phi) is 50.9. The third-order valence-corrected chi connectivity index (χ3v) is 3.98. The summed E-state index contributed by atoms with van der Waals surface area (Å²) in [5.74, 6) is -0.903. The second-order valence-electron chi connectivity index (χ2n) is 6.07. The minimum Gasteiger partial charge on any atom is -1.00 e. The van der Waals surface area contributed by atoms with Crippen molar-refractivity contribution in [3.05, 3.63) is 0 Å². The zero-order valence-electron chi connectivity index (χ0n) is 16.1. The van der Waals surface area contributed by atoms with Gasteiger partial charge in [-0.1, -0.05) is 96.8 Å². The molecular weight excluding hydrogens is 382 g/mol. The van der Waals surface area contributed by atoms with Crippen molar-refractivity contribution in [1.82, 2.24) is 0 Å². The molecular formula is C18H35CaCl2NaO2. The van der Waals surface area contributed by atoms with Gasteiger partial charge in [0.15, 0.2) is 0 Å². The number of carboxylic acid groups (broad SMARTS) is 1. The minimum atomic E-state index is -0.903. The van der Waals surface area contributed by atoms with Crippen LogP contribution in [0.1, 0.15) is 110 Å². The van der Waals surface area contributed by atoms with Gasteiger partial charge in [0, 0.05) is 5.97 Å². The normalized spacial score (nSPS) is 9.04. The summed E-state index contributed by atoms with van der Waals surface area (Å²) in [6, 6.07) is 0. The molecule has 0 aliphatic rings. The number of carbonyl (C=O) groups is 1. The number of unbranched alkanes of at least 4 members (excludes halogenated alkanes) is 14. The Labute approximate surface area is 215 Å². The summed E-state index contributed by atoms with van der Waals surface area (Å²) in [6.45, 7) is 2.27. The molecule has 0 heterocycles. The number of rotatable bonds is 16. The van der Waals surface area contributed by atoms with Crippen LogP contribution in [0.25, 0.3) is 0 Å². The Hall–Kier alpha value is 2.31. The van der Waals surface area contributed by atoms with E-state index in [1.165, 1.54) is 83.5 Å². The van der Waals surface area contributed by atoms with Gasteiger partial charge in [0.1, 0.15) is 0 Å². The molecule has 0 aromatic heterocycles. The first kappa shape index (κ1) is 37.1. The number of hydrogen-bond donors (Lipinski definition) is 0. The van der Waals surface area contributed by atoms with E-state index >= 15 is 0 Å². The Morgan fingerprint density at radius 2 is 0.875 bits per heavy atom. The van der Waals surface area contributed by atoms with Gasteiger partial charge >= 0.3 is 67.3 Å². The number of aliphatic carboxylic acids is 1. The molecule has 24 heavy (non-hydrogen) atoms. The average molecular weight is 417 g/mol. The molecule has 0 bridgehead atoms. The molecule has 0 N–H and O–H groups in total. The summed E-state index contributed by atoms with van der Waals surface area (Å²) in [7, 11) is 0. The molecule has 6 heteroatoms. The first-order valence-corrected chi connectivity index (χ1v) is 8.97. The van der Waals surface area contributed by atoms with E-state index in [-0.39, 0.29) is 98.5 Å². The van der Waals surface area contributed by atoms with Gasteiger partial charge in [0.2, 0.25) is 0 Å². The van der Waals surface area contributed by atoms with Crippen molar-refractivity contribution in [1.29, 1.82) is 0 Å². The topological polar surface area (TPSA) is 40.1 Å². The fourth-order valence-electron chi connectivity index (χ4n) is 2.64. The van der Waals surface area contributed by atoms with Crippen molar-refractivity contribution in [2.24, 2.45) is 0 Å². The van der Waals surface area contributed by atoms with Gasteiger partial charge in [-0.25, -0.2) is 0 Å². The van der Waals surface area contributed by atoms with Crippen LogP contribution in [0, 0.1) is 0 Å². The molecule has 136 valence electrons. The summed E-state index contributed by atoms with van der Waals surface area (Å²) < 4.78 is 0. The third kappa shape index (κ3) is 35.4. The third-order valence-electron chi connectivity index (χ3n) is 3.98. The van der Waals surface area contributed by atoms with Gasteiger partial charge in [0.05, 0.1) is 0 Å². The molecule has 0 spiro atoms. The van der Waals surface area contributed by atoms with E-state index in [9.17, 15) is 9.90 Å². The predicted molar refractivity (Wildman–Crippen MR) is 90.3 cm³/mol. The molecule has 0 aromatic rings. The first-order chi connectivity index (χ1) is 9.77. The summed E-state index contributed by atoms with van der Waals surface area (Å²) in [5, 5.41) is 10.2. The van der Waals surface area contributed by atoms with Crippen LogP contribution >= 0.6 is 0 Å². The van der Waals surface area contributed by atoms with Crippen LogP contribution in [0.3, 0.4) is 0 Å². The molecule has 2 nitrogen and oxygen atoms in total. The number of halogens is 2. The molecule has 0 atom stereocenters. The van der Waals surface area contributed by atoms with Crippen LogP contribution < -0.4 is 59.5 Å². The molecule has 0 unspecified atom stereocenters. The van der Waals surface area contributed by atoms with Gasteiger partial charge in [-0.2, -0.15) is 0 Å². The Bertz CT molecular complexity index is 223. The van der Waals surface area contributed by atoms with Crippen molar-refractivity contribution in [2.75, 3.05) is 0 Å². The predicted octanol–water partition coefficient (Wildman–Crippen LogP) is -4.37. The molecule has 0 aliphatic carbocycles. The second-order valence-corrected chi connectivity index (χ2v) is 6.07. The van der Waals surface area contributed by atoms with Gasteiger partial charge in [-0.3, -0.25) is 0 Å². The van der Waals surface area contributed by atoms with Crippen molar-refractivity contribution in [3.8, 4) is 0 Å². The SMILES string of the molecule is CCCCCCCCCCCCCCCCCC(=O)[O-].[Ca+2].[Cl-].[Cl-].[Na+]. The molecule has 0 rings (SSSR count). The monoisotopic (exact) mass is 416 g/mol. The van der Waals surface area contributed by atoms with Crippen LogP contribution in [0.2, 0.25) is 0 Å². The minimum absolute atomic E-state index is 0. The van der Waals surface area contributed by atoms with Crippen molar-refractivity contribution in [3.63, 3.8) is 0 Å². The molecule has 0 saturated carbocycles. The van der Waals surface area contributed by atoms with Gasteiger partial charge in [-0.15, -0.1) is 0 Å². The molecule has 0 aliphatic heterocycles. The van der Waals surface area contributed by atoms with Crippen LogP contribution in [0.4, 0.5) is 0 Å². The van der Waals surface area contributed by atoms with Crippen molar-refractivity contribution in [2.45, 2.75) is 110 Å². The van der Waals surface area contributed by atoms with Gasteiger partial charge in [0.25, 0.3) is 0 Å². The van der Waals surface area contributed by atoms with E-state index < -0.39 is 5.97 Å². The van der Waals surface area contributed by atoms with E-state index in [1.807, 2.05) is 0 Å². The largest absolute Gasteiger partial charge is 2.00 e. The van der Waals surface area contributed by atoms with E-state index in [0.717, 1.165) is 12.8 Å². The number of carbonyl (C=O) groups excluding carboxylic acids is 1. The maximum absolute atomic E-state index is 10.2. The van der Waals surface area contributed by atoms with E-state index in [1.54, 1.807) is 0 Å². The Balaban J connectivity index is -0.000000301. The molecule has 0 aromatic carbocycles. The van der Waals surface area contributed by atoms with Gasteiger partial charge in [-0.05, 0) is 12.8 Å². The molecule has 0 fully saturated rings. The van der Waals surface area contributed by atoms with Crippen molar-refractivity contribution < 1.29 is 64.3 Å². The summed E-state index contributed by atoms with van der Waals surface area (Å²) in [4.78, 5) is 10.2. The molecule has 0 amide bonds. The average Bonchev–Trinajstić information content (AvgIpc) is 2.43. The Morgan fingerprint density at radius 1 is 0.625 bits per heavy atom. The fourth-order valence-corrected chi connectivity index (χ4v) is 2.64. The maximum atomic E-state index is 10.2. The quantitative estimate of drug-likeness (QED) is 0.188. The zero-order valence-corrected chi connectivity index (χ0v) is 21.8. The molecule has 0 saturated heterocycles. The van der Waals surface area contributed by atoms with Crippen LogP contribution in [-0.4, -0.2) is 43.7 Å². The fraction of sp³-hybridized carbons (Fsp3) is 0.944. The van der Waals surface area contributed by atoms with Crippen LogP contribution in [0.5, 0.6) is 0 Å².